The van der Waals surface area contributed by atoms with Crippen molar-refractivity contribution in [3.8, 4) is 0 Å². The van der Waals surface area contributed by atoms with E-state index in [9.17, 15) is 43.8 Å². The molecule has 0 radical (unpaired) electrons. The van der Waals surface area contributed by atoms with Crippen molar-refractivity contribution in [2.24, 2.45) is 21.6 Å². The van der Waals surface area contributed by atoms with E-state index in [1.54, 1.807) is 13.0 Å². The van der Waals surface area contributed by atoms with Crippen LogP contribution in [0.2, 0.25) is 0 Å². The van der Waals surface area contributed by atoms with Gasteiger partial charge < -0.3 is 4.18 Å². The minimum atomic E-state index is -5.78. The number of carbonyl (C=O) groups is 1. The average molecular weight is 560 g/mol. The summed E-state index contributed by atoms with van der Waals surface area (Å²) in [6.07, 6.45) is -0.526. The smallest absolute Gasteiger partial charge is 0.380 e. The quantitative estimate of drug-likeness (QED) is 0.279. The van der Waals surface area contributed by atoms with E-state index in [0.717, 1.165) is 17.4 Å². The molecule has 2 unspecified atom stereocenters. The summed E-state index contributed by atoms with van der Waals surface area (Å²) in [6, 6.07) is 4.56. The second kappa shape index (κ2) is 8.47. The summed E-state index contributed by atoms with van der Waals surface area (Å²) in [5, 5.41) is 0. The van der Waals surface area contributed by atoms with Gasteiger partial charge in [0.05, 0.1) is 9.73 Å². The van der Waals surface area contributed by atoms with Crippen LogP contribution in [0, 0.1) is 17.3 Å². The van der Waals surface area contributed by atoms with Crippen LogP contribution in [0.1, 0.15) is 49.7 Å². The molecule has 1 amide bonds. The normalized spacial score (nSPS) is 29.8. The molecule has 36 heavy (non-hydrogen) atoms. The molecule has 0 aromatic heterocycles. The highest BCUT2D eigenvalue weighted by molar-refractivity contribution is 7.93. The molecule has 3 aliphatic carbocycles. The predicted molar refractivity (Wildman–Crippen MR) is 116 cm³/mol. The number of alkyl halides is 6. The number of hydrogen-bond acceptors (Lipinski definition) is 5. The van der Waals surface area contributed by atoms with Crippen molar-refractivity contribution < 1.29 is 47.9 Å². The topological polar surface area (TPSA) is 89.9 Å². The van der Waals surface area contributed by atoms with Crippen LogP contribution < -0.4 is 0 Å². The van der Waals surface area contributed by atoms with Crippen LogP contribution in [0.3, 0.4) is 0 Å². The van der Waals surface area contributed by atoms with Crippen molar-refractivity contribution in [1.82, 2.24) is 0 Å². The standard InChI is InChI=1S/C22H23F6NO5S2/c1-20-10-9-15-14-6-4-13(35(2,31)29-19(30)21(23,24)25)11-12(14)3-5-16(15)17(20)7-8-18(20)34-36(32,33)22(26,27)28/h4,6,8,11,15-17H,3,5,7,9-10H2,1-2H3/t15?,16-,17+,20+,35?/m1/s1. The first-order chi connectivity index (χ1) is 16.4. The fourth-order valence-corrected chi connectivity index (χ4v) is 7.68. The lowest BCUT2D eigenvalue weighted by atomic mass is 9.55. The van der Waals surface area contributed by atoms with Crippen molar-refractivity contribution in [3.63, 3.8) is 0 Å². The molecule has 1 aromatic carbocycles. The third-order valence-electron chi connectivity index (χ3n) is 7.63. The number of carbonyl (C=O) groups excluding carboxylic acids is 1. The van der Waals surface area contributed by atoms with Gasteiger partial charge in [-0.1, -0.05) is 13.0 Å². The molecule has 0 heterocycles. The van der Waals surface area contributed by atoms with Crippen molar-refractivity contribution >= 4 is 25.8 Å². The number of rotatable bonds is 3. The molecule has 4 rings (SSSR count). The van der Waals surface area contributed by atoms with Gasteiger partial charge in [0.1, 0.15) is 5.76 Å². The fourth-order valence-electron chi connectivity index (χ4n) is 5.88. The number of fused-ring (bicyclic) bond motifs is 5. The van der Waals surface area contributed by atoms with Gasteiger partial charge in [-0.2, -0.15) is 34.8 Å². The number of benzene rings is 1. The van der Waals surface area contributed by atoms with E-state index in [0.29, 0.717) is 32.1 Å². The molecule has 1 fully saturated rings. The molecular weight excluding hydrogens is 536 g/mol. The Bertz CT molecular complexity index is 1360. The summed E-state index contributed by atoms with van der Waals surface area (Å²) in [4.78, 5) is 11.3. The Morgan fingerprint density at radius 2 is 1.78 bits per heavy atom. The Labute approximate surface area is 204 Å². The first kappa shape index (κ1) is 27.0. The first-order valence-corrected chi connectivity index (χ1v) is 14.4. The molecule has 1 saturated carbocycles. The summed E-state index contributed by atoms with van der Waals surface area (Å²) in [5.74, 6) is -2.77. The molecule has 14 heteroatoms. The van der Waals surface area contributed by atoms with Crippen LogP contribution in [-0.4, -0.2) is 36.5 Å². The third-order valence-corrected chi connectivity index (χ3v) is 10.2. The molecule has 0 spiro atoms. The van der Waals surface area contributed by atoms with E-state index >= 15 is 0 Å². The first-order valence-electron chi connectivity index (χ1n) is 11.0. The second-order valence-corrected chi connectivity index (χ2v) is 13.5. The highest BCUT2D eigenvalue weighted by atomic mass is 32.2. The minimum Gasteiger partial charge on any atom is -0.380 e. The molecule has 0 N–H and O–H groups in total. The fraction of sp³-hybridized carbons (Fsp3) is 0.591. The highest BCUT2D eigenvalue weighted by Crippen LogP contribution is 2.61. The van der Waals surface area contributed by atoms with Crippen LogP contribution >= 0.6 is 0 Å². The molecule has 200 valence electrons. The van der Waals surface area contributed by atoms with Gasteiger partial charge in [-0.3, -0.25) is 4.79 Å². The maximum absolute atomic E-state index is 12.9. The van der Waals surface area contributed by atoms with Crippen LogP contribution in [-0.2, 0) is 35.2 Å². The lowest BCUT2D eigenvalue weighted by Crippen LogP contribution is -2.42. The molecule has 0 aliphatic heterocycles. The van der Waals surface area contributed by atoms with Gasteiger partial charge in [0.2, 0.25) is 0 Å². The van der Waals surface area contributed by atoms with Gasteiger partial charge in [-0.25, -0.2) is 4.21 Å². The lowest BCUT2D eigenvalue weighted by molar-refractivity contribution is -0.169. The summed E-state index contributed by atoms with van der Waals surface area (Å²) in [6.45, 7) is 1.71. The lowest BCUT2D eigenvalue weighted by Gasteiger charge is -2.49. The van der Waals surface area contributed by atoms with Crippen molar-refractivity contribution in [3.05, 3.63) is 41.2 Å². The molecule has 6 nitrogen and oxygen atoms in total. The molecule has 1 aromatic rings. The monoisotopic (exact) mass is 559 g/mol. The Balaban J connectivity index is 1.59. The zero-order valence-electron chi connectivity index (χ0n) is 19.1. The Morgan fingerprint density at radius 1 is 1.11 bits per heavy atom. The van der Waals surface area contributed by atoms with Gasteiger partial charge in [-0.15, -0.1) is 4.36 Å². The Morgan fingerprint density at radius 3 is 2.39 bits per heavy atom. The maximum atomic E-state index is 12.9. The summed E-state index contributed by atoms with van der Waals surface area (Å²) in [5.41, 5.74) is -4.75. The minimum absolute atomic E-state index is 0.00789. The van der Waals surface area contributed by atoms with Crippen LogP contribution in [0.4, 0.5) is 26.3 Å². The Hall–Kier alpha value is -2.09. The number of nitrogens with zero attached hydrogens (tertiary/aromatic N) is 1. The van der Waals surface area contributed by atoms with Gasteiger partial charge in [0.25, 0.3) is 0 Å². The van der Waals surface area contributed by atoms with Gasteiger partial charge >= 0.3 is 27.7 Å². The zero-order valence-corrected chi connectivity index (χ0v) is 20.8. The number of hydrogen-bond donors (Lipinski definition) is 0. The van der Waals surface area contributed by atoms with E-state index in [1.807, 2.05) is 0 Å². The van der Waals surface area contributed by atoms with E-state index in [4.69, 9.17) is 0 Å². The second-order valence-electron chi connectivity index (χ2n) is 9.72. The average Bonchev–Trinajstić information content (AvgIpc) is 3.07. The molecule has 0 bridgehead atoms. The molecule has 3 aliphatic rings. The zero-order chi connectivity index (χ0) is 26.9. The van der Waals surface area contributed by atoms with Gasteiger partial charge in [0.15, 0.2) is 0 Å². The van der Waals surface area contributed by atoms with E-state index in [2.05, 4.69) is 8.55 Å². The number of halogens is 6. The number of amides is 1. The van der Waals surface area contributed by atoms with E-state index in [1.165, 1.54) is 18.2 Å². The van der Waals surface area contributed by atoms with Crippen LogP contribution in [0.15, 0.2) is 39.3 Å². The largest absolute Gasteiger partial charge is 0.534 e. The number of allylic oxidation sites excluding steroid dienone is 2. The Kier molecular flexibility index (Phi) is 6.34. The van der Waals surface area contributed by atoms with Crippen molar-refractivity contribution in [2.45, 2.75) is 61.5 Å². The highest BCUT2D eigenvalue weighted by Gasteiger charge is 2.56. The molecular formula is C22H23F6NO5S2. The van der Waals surface area contributed by atoms with Gasteiger partial charge in [-0.05, 0) is 79.2 Å². The SMILES string of the molecule is C[C@]12CCC3c4ccc(S(C)(=O)=NC(=O)C(F)(F)F)cc4CC[C@H]3[C@@H]1CC=C2OS(=O)(=O)C(F)(F)F. The summed E-state index contributed by atoms with van der Waals surface area (Å²) < 4.78 is 120. The third kappa shape index (κ3) is 4.54. The van der Waals surface area contributed by atoms with Crippen molar-refractivity contribution in [1.29, 1.82) is 0 Å². The molecule has 0 saturated heterocycles. The predicted octanol–water partition coefficient (Wildman–Crippen LogP) is 5.45. The van der Waals surface area contributed by atoms with Crippen LogP contribution in [0.5, 0.6) is 0 Å². The number of aryl methyl sites for hydroxylation is 1. The van der Waals surface area contributed by atoms with E-state index in [-0.39, 0.29) is 28.4 Å². The summed E-state index contributed by atoms with van der Waals surface area (Å²) in [7, 11) is -9.42. The van der Waals surface area contributed by atoms with Gasteiger partial charge in [0, 0.05) is 16.6 Å². The van der Waals surface area contributed by atoms with Crippen molar-refractivity contribution in [2.75, 3.05) is 6.26 Å². The summed E-state index contributed by atoms with van der Waals surface area (Å²) >= 11 is 0. The van der Waals surface area contributed by atoms with Crippen LogP contribution in [0.25, 0.3) is 0 Å². The van der Waals surface area contributed by atoms with E-state index < -0.39 is 42.9 Å². The maximum Gasteiger partial charge on any atom is 0.534 e. The molecule has 5 atom stereocenters.